The molecule has 1 aliphatic rings. The minimum absolute atomic E-state index is 0.0155. The summed E-state index contributed by atoms with van der Waals surface area (Å²) in [7, 11) is -3.27. The lowest BCUT2D eigenvalue weighted by Crippen LogP contribution is -2.32. The second-order valence-electron chi connectivity index (χ2n) is 10.1. The molecule has 0 atom stereocenters. The number of aliphatic hydroxyl groups is 1. The molecule has 3 heterocycles. The highest BCUT2D eigenvalue weighted by atomic mass is 32.2. The minimum Gasteiger partial charge on any atom is -0.480 e. The summed E-state index contributed by atoms with van der Waals surface area (Å²) in [6, 6.07) is 4.79. The van der Waals surface area contributed by atoms with Crippen LogP contribution in [0.1, 0.15) is 37.4 Å². The van der Waals surface area contributed by atoms with Gasteiger partial charge < -0.3 is 20.3 Å². The molecule has 1 aromatic carbocycles. The van der Waals surface area contributed by atoms with Crippen molar-refractivity contribution in [1.29, 1.82) is 0 Å². The normalized spacial score (nSPS) is 17.2. The highest BCUT2D eigenvalue weighted by Crippen LogP contribution is 2.34. The van der Waals surface area contributed by atoms with Crippen molar-refractivity contribution in [1.82, 2.24) is 19.5 Å². The number of nitrogens with two attached hydrogens (primary N) is 1. The zero-order chi connectivity index (χ0) is 30.9. The molecule has 4 aromatic rings. The summed E-state index contributed by atoms with van der Waals surface area (Å²) in [5, 5.41) is 9.65. The average Bonchev–Trinajstić information content (AvgIpc) is 2.96. The Morgan fingerprint density at radius 1 is 1.14 bits per heavy atom. The number of aromatic nitrogens is 4. The van der Waals surface area contributed by atoms with Crippen LogP contribution in [0.2, 0.25) is 0 Å². The van der Waals surface area contributed by atoms with Gasteiger partial charge in [0.2, 0.25) is 11.8 Å². The summed E-state index contributed by atoms with van der Waals surface area (Å²) in [5.74, 6) is -2.33. The van der Waals surface area contributed by atoms with E-state index in [1.807, 2.05) is 0 Å². The van der Waals surface area contributed by atoms with E-state index in [4.69, 9.17) is 20.3 Å². The van der Waals surface area contributed by atoms with Gasteiger partial charge >= 0.3 is 0 Å². The van der Waals surface area contributed by atoms with Gasteiger partial charge in [-0.1, -0.05) is 0 Å². The molecule has 1 saturated carbocycles. The Balaban J connectivity index is 1.60. The van der Waals surface area contributed by atoms with E-state index in [2.05, 4.69) is 19.7 Å². The van der Waals surface area contributed by atoms with Crippen LogP contribution in [0, 0.1) is 18.6 Å². The largest absolute Gasteiger partial charge is 0.480 e. The van der Waals surface area contributed by atoms with E-state index in [0.717, 1.165) is 12.1 Å². The molecule has 0 bridgehead atoms. The van der Waals surface area contributed by atoms with Crippen molar-refractivity contribution in [3.63, 3.8) is 0 Å². The summed E-state index contributed by atoms with van der Waals surface area (Å²) in [6.07, 6.45) is 3.85. The lowest BCUT2D eigenvalue weighted by Gasteiger charge is -2.30. The number of hydrogen-bond donors (Lipinski definition) is 3. The molecular formula is C28H30F2N6O6S. The van der Waals surface area contributed by atoms with Crippen LogP contribution in [0.25, 0.3) is 22.2 Å². The monoisotopic (exact) mass is 616 g/mol. The standard InChI is InChI=1S/C28H30F2N6O6S/c1-15-20-13-21(27(38)36(25(20)34-28(31)33-15)18-4-6-19(7-5-18)42-10-9-37)16-11-23(26(41-2)32-14-16)35-43(39,40)24-8-3-17(29)12-22(24)30/h3,8,11-14,18-19,35,37H,4-7,9-10H2,1-2H3,(H2,31,33,34)/t18-,19-. The summed E-state index contributed by atoms with van der Waals surface area (Å²) < 4.78 is 68.6. The van der Waals surface area contributed by atoms with Crippen molar-refractivity contribution in [3.05, 3.63) is 64.2 Å². The Bertz CT molecular complexity index is 1840. The van der Waals surface area contributed by atoms with Crippen molar-refractivity contribution >= 4 is 32.7 Å². The number of nitrogens with zero attached hydrogens (tertiary/aromatic N) is 4. The molecule has 0 unspecified atom stereocenters. The summed E-state index contributed by atoms with van der Waals surface area (Å²) in [4.78, 5) is 26.2. The number of aliphatic hydroxyl groups excluding tert-OH is 1. The lowest BCUT2D eigenvalue weighted by atomic mass is 9.92. The van der Waals surface area contributed by atoms with E-state index in [1.54, 1.807) is 17.6 Å². The number of ether oxygens (including phenoxy) is 2. The minimum atomic E-state index is -4.54. The molecule has 1 fully saturated rings. The second-order valence-corrected chi connectivity index (χ2v) is 11.8. The number of fused-ring (bicyclic) bond motifs is 1. The van der Waals surface area contributed by atoms with Crippen LogP contribution in [0.4, 0.5) is 20.4 Å². The maximum atomic E-state index is 14.4. The molecule has 5 rings (SSSR count). The Kier molecular flexibility index (Phi) is 8.57. The molecule has 0 spiro atoms. The third kappa shape index (κ3) is 6.14. The molecule has 15 heteroatoms. The zero-order valence-corrected chi connectivity index (χ0v) is 24.2. The van der Waals surface area contributed by atoms with E-state index >= 15 is 0 Å². The molecule has 4 N–H and O–H groups in total. The SMILES string of the molecule is COc1ncc(-c2cc3c(C)nc(N)nc3n([C@H]3CC[C@H](OCCO)CC3)c2=O)cc1NS(=O)(=O)c1ccc(F)cc1F. The van der Waals surface area contributed by atoms with Crippen LogP contribution in [-0.2, 0) is 14.8 Å². The maximum Gasteiger partial charge on any atom is 0.264 e. The number of anilines is 2. The Morgan fingerprint density at radius 3 is 2.56 bits per heavy atom. The van der Waals surface area contributed by atoms with Crippen LogP contribution >= 0.6 is 0 Å². The maximum absolute atomic E-state index is 14.4. The molecule has 0 aliphatic heterocycles. The van der Waals surface area contributed by atoms with Crippen LogP contribution in [0.15, 0.2) is 46.2 Å². The molecule has 0 amide bonds. The smallest absolute Gasteiger partial charge is 0.264 e. The van der Waals surface area contributed by atoms with E-state index < -0.39 is 32.1 Å². The van der Waals surface area contributed by atoms with Gasteiger partial charge in [-0.25, -0.2) is 27.2 Å². The van der Waals surface area contributed by atoms with Crippen LogP contribution in [0.3, 0.4) is 0 Å². The van der Waals surface area contributed by atoms with Gasteiger partial charge in [-0.15, -0.1) is 0 Å². The van der Waals surface area contributed by atoms with Crippen LogP contribution in [-0.4, -0.2) is 59.5 Å². The van der Waals surface area contributed by atoms with Gasteiger partial charge in [-0.3, -0.25) is 14.1 Å². The van der Waals surface area contributed by atoms with Crippen molar-refractivity contribution in [2.24, 2.45) is 0 Å². The summed E-state index contributed by atoms with van der Waals surface area (Å²) in [5.41, 5.74) is 6.72. The van der Waals surface area contributed by atoms with Gasteiger partial charge in [0, 0.05) is 34.8 Å². The topological polar surface area (TPSA) is 172 Å². The number of aryl methyl sites for hydroxylation is 1. The van der Waals surface area contributed by atoms with Gasteiger partial charge in [0.25, 0.3) is 15.6 Å². The average molecular weight is 617 g/mol. The third-order valence-corrected chi connectivity index (χ3v) is 8.74. The first kappa shape index (κ1) is 30.3. The Labute approximate surface area is 245 Å². The third-order valence-electron chi connectivity index (χ3n) is 7.34. The first-order valence-corrected chi connectivity index (χ1v) is 14.9. The first-order chi connectivity index (χ1) is 20.5. The highest BCUT2D eigenvalue weighted by molar-refractivity contribution is 7.92. The van der Waals surface area contributed by atoms with Crippen molar-refractivity contribution < 1.29 is 31.8 Å². The molecule has 0 saturated heterocycles. The summed E-state index contributed by atoms with van der Waals surface area (Å²) in [6.45, 7) is 1.90. The Hall–Kier alpha value is -4.21. The van der Waals surface area contributed by atoms with Crippen molar-refractivity contribution in [2.45, 2.75) is 49.6 Å². The van der Waals surface area contributed by atoms with Crippen LogP contribution in [0.5, 0.6) is 5.88 Å². The number of pyridine rings is 2. The number of hydrogen-bond acceptors (Lipinski definition) is 10. The van der Waals surface area contributed by atoms with Gasteiger partial charge in [0.15, 0.2) is 0 Å². The van der Waals surface area contributed by atoms with Crippen LogP contribution < -0.4 is 20.8 Å². The number of nitrogen functional groups attached to an aromatic ring is 1. The number of methoxy groups -OCH3 is 1. The van der Waals surface area contributed by atoms with Crippen molar-refractivity contribution in [3.8, 4) is 17.0 Å². The molecule has 228 valence electrons. The van der Waals surface area contributed by atoms with Crippen molar-refractivity contribution in [2.75, 3.05) is 30.8 Å². The fourth-order valence-corrected chi connectivity index (χ4v) is 6.44. The molecule has 3 aromatic heterocycles. The number of benzene rings is 1. The van der Waals surface area contributed by atoms with E-state index in [-0.39, 0.29) is 54.0 Å². The van der Waals surface area contributed by atoms with Gasteiger partial charge in [-0.05, 0) is 56.9 Å². The fourth-order valence-electron chi connectivity index (χ4n) is 5.34. The first-order valence-electron chi connectivity index (χ1n) is 13.5. The molecular weight excluding hydrogens is 586 g/mol. The predicted octanol–water partition coefficient (Wildman–Crippen LogP) is 3.32. The predicted molar refractivity (Wildman–Crippen MR) is 154 cm³/mol. The van der Waals surface area contributed by atoms with E-state index in [1.165, 1.54) is 19.4 Å². The second kappa shape index (κ2) is 12.2. The summed E-state index contributed by atoms with van der Waals surface area (Å²) >= 11 is 0. The number of halogens is 2. The zero-order valence-electron chi connectivity index (χ0n) is 23.4. The van der Waals surface area contributed by atoms with Gasteiger partial charge in [0.1, 0.15) is 27.9 Å². The van der Waals surface area contributed by atoms with E-state index in [0.29, 0.717) is 48.5 Å². The van der Waals surface area contributed by atoms with Gasteiger partial charge in [0.05, 0.1) is 32.1 Å². The number of rotatable bonds is 9. The fraction of sp³-hybridized carbons (Fsp3) is 0.357. The number of nitrogens with one attached hydrogen (secondary N) is 1. The lowest BCUT2D eigenvalue weighted by molar-refractivity contribution is 0.00169. The Morgan fingerprint density at radius 2 is 1.88 bits per heavy atom. The molecule has 1 aliphatic carbocycles. The quantitative estimate of drug-likeness (QED) is 0.253. The van der Waals surface area contributed by atoms with E-state index in [9.17, 15) is 22.0 Å². The molecule has 0 radical (unpaired) electrons. The molecule has 12 nitrogen and oxygen atoms in total. The highest BCUT2D eigenvalue weighted by Gasteiger charge is 2.28. The molecule has 43 heavy (non-hydrogen) atoms. The van der Waals surface area contributed by atoms with Gasteiger partial charge in [-0.2, -0.15) is 4.98 Å². The number of sulfonamides is 1.